The minimum Gasteiger partial charge on any atom is -0.313 e. The maximum absolute atomic E-state index is 4.68. The van der Waals surface area contributed by atoms with E-state index in [1.807, 2.05) is 0 Å². The lowest BCUT2D eigenvalue weighted by atomic mass is 9.59. The SMILES string of the molecule is CCNC(Cc1csc(C)n1)C1(c2ccccc2)CCC1. The number of nitrogens with zero attached hydrogens (tertiary/aromatic N) is 1. The second-order valence-electron chi connectivity index (χ2n) is 6.05. The van der Waals surface area contributed by atoms with Crippen LogP contribution in [0.5, 0.6) is 0 Å². The highest BCUT2D eigenvalue weighted by atomic mass is 32.1. The molecule has 0 amide bonds. The molecule has 0 aliphatic heterocycles. The van der Waals surface area contributed by atoms with Crippen LogP contribution in [0.3, 0.4) is 0 Å². The zero-order valence-corrected chi connectivity index (χ0v) is 13.7. The smallest absolute Gasteiger partial charge is 0.0897 e. The Labute approximate surface area is 131 Å². The van der Waals surface area contributed by atoms with Crippen molar-refractivity contribution in [3.05, 3.63) is 52.0 Å². The number of thiazole rings is 1. The summed E-state index contributed by atoms with van der Waals surface area (Å²) in [6, 6.07) is 11.5. The fourth-order valence-electron chi connectivity index (χ4n) is 3.59. The summed E-state index contributed by atoms with van der Waals surface area (Å²) in [5.74, 6) is 0. The van der Waals surface area contributed by atoms with Crippen molar-refractivity contribution < 1.29 is 0 Å². The lowest BCUT2D eigenvalue weighted by molar-refractivity contribution is 0.168. The first kappa shape index (κ1) is 14.7. The van der Waals surface area contributed by atoms with Gasteiger partial charge in [-0.25, -0.2) is 4.98 Å². The maximum atomic E-state index is 4.68. The minimum absolute atomic E-state index is 0.300. The topological polar surface area (TPSA) is 24.9 Å². The van der Waals surface area contributed by atoms with Gasteiger partial charge in [0.1, 0.15) is 0 Å². The highest BCUT2D eigenvalue weighted by Gasteiger charge is 2.45. The van der Waals surface area contributed by atoms with Crippen LogP contribution >= 0.6 is 11.3 Å². The second kappa shape index (κ2) is 6.29. The normalized spacial score (nSPS) is 18.2. The predicted molar refractivity (Wildman–Crippen MR) is 90.0 cm³/mol. The Morgan fingerprint density at radius 1 is 1.29 bits per heavy atom. The summed E-state index contributed by atoms with van der Waals surface area (Å²) in [5.41, 5.74) is 3.04. The quantitative estimate of drug-likeness (QED) is 0.869. The molecule has 1 aliphatic rings. The molecule has 0 radical (unpaired) electrons. The third-order valence-corrected chi connectivity index (χ3v) is 5.61. The molecule has 2 nitrogen and oxygen atoms in total. The Balaban J connectivity index is 1.87. The zero-order chi connectivity index (χ0) is 14.7. The molecule has 1 atom stereocenters. The number of aryl methyl sites for hydroxylation is 1. The van der Waals surface area contributed by atoms with Crippen LogP contribution in [0.15, 0.2) is 35.7 Å². The van der Waals surface area contributed by atoms with Crippen molar-refractivity contribution in [2.75, 3.05) is 6.54 Å². The van der Waals surface area contributed by atoms with Gasteiger partial charge < -0.3 is 5.32 Å². The number of hydrogen-bond donors (Lipinski definition) is 1. The molecule has 1 aliphatic carbocycles. The molecule has 112 valence electrons. The van der Waals surface area contributed by atoms with Gasteiger partial charge >= 0.3 is 0 Å². The molecule has 1 aromatic heterocycles. The van der Waals surface area contributed by atoms with Crippen LogP contribution in [0, 0.1) is 6.92 Å². The zero-order valence-electron chi connectivity index (χ0n) is 12.9. The summed E-state index contributed by atoms with van der Waals surface area (Å²) >= 11 is 1.76. The van der Waals surface area contributed by atoms with E-state index >= 15 is 0 Å². The van der Waals surface area contributed by atoms with E-state index < -0.39 is 0 Å². The van der Waals surface area contributed by atoms with E-state index in [-0.39, 0.29) is 0 Å². The average Bonchev–Trinajstić information content (AvgIpc) is 2.84. The lowest BCUT2D eigenvalue weighted by Gasteiger charge is -2.48. The van der Waals surface area contributed by atoms with Crippen molar-refractivity contribution >= 4 is 11.3 Å². The Bertz CT molecular complexity index is 572. The predicted octanol–water partition coefficient (Wildman–Crippen LogP) is 4.09. The molecule has 0 saturated heterocycles. The fourth-order valence-corrected chi connectivity index (χ4v) is 4.21. The first-order valence-electron chi connectivity index (χ1n) is 7.94. The van der Waals surface area contributed by atoms with Crippen molar-refractivity contribution in [1.82, 2.24) is 10.3 Å². The number of aromatic nitrogens is 1. The van der Waals surface area contributed by atoms with E-state index in [1.165, 1.54) is 35.5 Å². The van der Waals surface area contributed by atoms with E-state index in [0.717, 1.165) is 13.0 Å². The molecule has 0 spiro atoms. The van der Waals surface area contributed by atoms with Gasteiger partial charge in [0.15, 0.2) is 0 Å². The fraction of sp³-hybridized carbons (Fsp3) is 0.500. The van der Waals surface area contributed by atoms with Crippen LogP contribution < -0.4 is 5.32 Å². The molecule has 1 saturated carbocycles. The summed E-state index contributed by atoms with van der Waals surface area (Å²) < 4.78 is 0. The van der Waals surface area contributed by atoms with Gasteiger partial charge in [0.25, 0.3) is 0 Å². The van der Waals surface area contributed by atoms with Gasteiger partial charge in [0.05, 0.1) is 10.7 Å². The van der Waals surface area contributed by atoms with Crippen LogP contribution in [-0.2, 0) is 11.8 Å². The standard InChI is InChI=1S/C18H24N2S/c1-3-19-17(12-16-13-21-14(2)20-16)18(10-7-11-18)15-8-5-4-6-9-15/h4-6,8-9,13,17,19H,3,7,10-12H2,1-2H3. The summed E-state index contributed by atoms with van der Waals surface area (Å²) in [4.78, 5) is 4.68. The molecule has 21 heavy (non-hydrogen) atoms. The van der Waals surface area contributed by atoms with Gasteiger partial charge in [-0.05, 0) is 31.9 Å². The first-order chi connectivity index (χ1) is 10.2. The van der Waals surface area contributed by atoms with Crippen molar-refractivity contribution in [3.8, 4) is 0 Å². The second-order valence-corrected chi connectivity index (χ2v) is 7.11. The van der Waals surface area contributed by atoms with E-state index in [0.29, 0.717) is 11.5 Å². The monoisotopic (exact) mass is 300 g/mol. The van der Waals surface area contributed by atoms with Gasteiger partial charge in [-0.15, -0.1) is 11.3 Å². The maximum Gasteiger partial charge on any atom is 0.0897 e. The molecule has 3 rings (SSSR count). The van der Waals surface area contributed by atoms with Crippen LogP contribution in [0.25, 0.3) is 0 Å². The lowest BCUT2D eigenvalue weighted by Crippen LogP contribution is -2.53. The van der Waals surface area contributed by atoms with Crippen LogP contribution in [0.4, 0.5) is 0 Å². The average molecular weight is 300 g/mol. The molecule has 1 aromatic carbocycles. The first-order valence-corrected chi connectivity index (χ1v) is 8.82. The van der Waals surface area contributed by atoms with Gasteiger partial charge in [0, 0.05) is 23.3 Å². The largest absolute Gasteiger partial charge is 0.313 e. The van der Waals surface area contributed by atoms with Crippen molar-refractivity contribution in [2.24, 2.45) is 0 Å². The van der Waals surface area contributed by atoms with E-state index in [4.69, 9.17) is 0 Å². The molecule has 1 fully saturated rings. The van der Waals surface area contributed by atoms with E-state index in [2.05, 4.69) is 59.9 Å². The number of likely N-dealkylation sites (N-methyl/N-ethyl adjacent to an activating group) is 1. The molecular weight excluding hydrogens is 276 g/mol. The Kier molecular flexibility index (Phi) is 4.41. The van der Waals surface area contributed by atoms with Gasteiger partial charge in [-0.1, -0.05) is 43.7 Å². The van der Waals surface area contributed by atoms with Gasteiger partial charge in [0.2, 0.25) is 0 Å². The number of nitrogens with one attached hydrogen (secondary N) is 1. The summed E-state index contributed by atoms with van der Waals surface area (Å²) in [5, 5.41) is 7.13. The minimum atomic E-state index is 0.300. The Morgan fingerprint density at radius 3 is 2.57 bits per heavy atom. The van der Waals surface area contributed by atoms with Gasteiger partial charge in [-0.2, -0.15) is 0 Å². The van der Waals surface area contributed by atoms with E-state index in [9.17, 15) is 0 Å². The molecule has 1 unspecified atom stereocenters. The Hall–Kier alpha value is -1.19. The molecule has 3 heteroatoms. The molecule has 0 bridgehead atoms. The van der Waals surface area contributed by atoms with Crippen LogP contribution in [-0.4, -0.2) is 17.6 Å². The van der Waals surface area contributed by atoms with Crippen molar-refractivity contribution in [1.29, 1.82) is 0 Å². The highest BCUT2D eigenvalue weighted by Crippen LogP contribution is 2.47. The third kappa shape index (κ3) is 2.90. The molecule has 1 N–H and O–H groups in total. The highest BCUT2D eigenvalue weighted by molar-refractivity contribution is 7.09. The Morgan fingerprint density at radius 2 is 2.05 bits per heavy atom. The van der Waals surface area contributed by atoms with Crippen LogP contribution in [0.1, 0.15) is 42.5 Å². The molecule has 1 heterocycles. The van der Waals surface area contributed by atoms with Crippen molar-refractivity contribution in [3.63, 3.8) is 0 Å². The third-order valence-electron chi connectivity index (χ3n) is 4.79. The van der Waals surface area contributed by atoms with Crippen LogP contribution in [0.2, 0.25) is 0 Å². The number of benzene rings is 1. The molecule has 2 aromatic rings. The van der Waals surface area contributed by atoms with Gasteiger partial charge in [-0.3, -0.25) is 0 Å². The summed E-state index contributed by atoms with van der Waals surface area (Å²) in [6.45, 7) is 5.31. The summed E-state index contributed by atoms with van der Waals surface area (Å²) in [6.07, 6.45) is 4.95. The molecular formula is C18H24N2S. The van der Waals surface area contributed by atoms with E-state index in [1.54, 1.807) is 11.3 Å². The number of hydrogen-bond acceptors (Lipinski definition) is 3. The van der Waals surface area contributed by atoms with Crippen molar-refractivity contribution in [2.45, 2.75) is 51.0 Å². The number of rotatable bonds is 6. The summed E-state index contributed by atoms with van der Waals surface area (Å²) in [7, 11) is 0.